The van der Waals surface area contributed by atoms with Crippen molar-refractivity contribution in [2.75, 3.05) is 20.3 Å². The third kappa shape index (κ3) is 5.61. The van der Waals surface area contributed by atoms with Gasteiger partial charge in [-0.1, -0.05) is 100 Å². The minimum atomic E-state index is -2.72. The van der Waals surface area contributed by atoms with E-state index in [-0.39, 0.29) is 11.6 Å². The molecule has 0 spiro atoms. The second kappa shape index (κ2) is 11.3. The minimum absolute atomic E-state index is 0.113. The van der Waals surface area contributed by atoms with Crippen molar-refractivity contribution in [3.05, 3.63) is 90.5 Å². The Balaban J connectivity index is 1.94. The molecule has 0 heterocycles. The Morgan fingerprint density at radius 1 is 0.794 bits per heavy atom. The quantitative estimate of drug-likeness (QED) is 0.397. The van der Waals surface area contributed by atoms with Gasteiger partial charge < -0.3 is 19.0 Å². The number of hydrogen-bond donors (Lipinski definition) is 1. The highest BCUT2D eigenvalue weighted by molar-refractivity contribution is 6.99. The van der Waals surface area contributed by atoms with Crippen LogP contribution >= 0.6 is 0 Å². The summed E-state index contributed by atoms with van der Waals surface area (Å²) in [4.78, 5) is 0. The van der Waals surface area contributed by atoms with Crippen molar-refractivity contribution in [3.63, 3.8) is 0 Å². The molecule has 3 aromatic rings. The molecule has 1 N–H and O–H groups in total. The molecule has 0 saturated heterocycles. The molecule has 34 heavy (non-hydrogen) atoms. The van der Waals surface area contributed by atoms with E-state index in [1.165, 1.54) is 10.4 Å². The lowest BCUT2D eigenvalue weighted by Crippen LogP contribution is -2.68. The van der Waals surface area contributed by atoms with Crippen molar-refractivity contribution in [2.45, 2.75) is 51.4 Å². The Hall–Kier alpha value is -2.44. The van der Waals surface area contributed by atoms with Gasteiger partial charge in [-0.25, -0.2) is 0 Å². The molecule has 1 atom stereocenters. The van der Waals surface area contributed by atoms with Crippen LogP contribution in [0.2, 0.25) is 5.04 Å². The van der Waals surface area contributed by atoms with Crippen LogP contribution in [0.5, 0.6) is 5.75 Å². The van der Waals surface area contributed by atoms with Crippen molar-refractivity contribution >= 4 is 18.7 Å². The fraction of sp³-hybridized carbons (Fsp3) is 0.379. The Kier molecular flexibility index (Phi) is 8.71. The summed E-state index contributed by atoms with van der Waals surface area (Å²) in [6, 6.07) is 28.9. The summed E-state index contributed by atoms with van der Waals surface area (Å²) in [6.07, 6.45) is 0.637. The smallest absolute Gasteiger partial charge is 0.261 e. The molecule has 0 aromatic heterocycles. The molecule has 3 rings (SSSR count). The van der Waals surface area contributed by atoms with Crippen LogP contribution in [0.15, 0.2) is 84.9 Å². The molecular weight excluding hydrogens is 440 g/mol. The van der Waals surface area contributed by atoms with Crippen molar-refractivity contribution in [1.82, 2.24) is 0 Å². The van der Waals surface area contributed by atoms with E-state index < -0.39 is 13.9 Å². The zero-order valence-electron chi connectivity index (χ0n) is 21.1. The maximum absolute atomic E-state index is 10.5. The number of benzene rings is 3. The van der Waals surface area contributed by atoms with Crippen molar-refractivity contribution in [3.8, 4) is 5.75 Å². The summed E-state index contributed by atoms with van der Waals surface area (Å²) >= 11 is 0. The maximum Gasteiger partial charge on any atom is 0.261 e. The fourth-order valence-corrected chi connectivity index (χ4v) is 9.04. The second-order valence-electron chi connectivity index (χ2n) is 9.78. The highest BCUT2D eigenvalue weighted by Gasteiger charge is 2.51. The number of methoxy groups -OCH3 is 1. The van der Waals surface area contributed by atoms with Crippen LogP contribution in [-0.4, -0.2) is 39.3 Å². The van der Waals surface area contributed by atoms with Crippen LogP contribution < -0.4 is 15.1 Å². The largest absolute Gasteiger partial charge is 0.497 e. The standard InChI is InChI=1S/C29H38O4Si/c1-6-29(22-30,32-21-24-17-19-25(31-5)20-18-24)23-33-34(28(2,3)4,26-13-9-7-10-14-26)27-15-11-8-12-16-27/h7-20,30H,6,21-23H2,1-5H3/t29-/m1/s1. The molecule has 5 heteroatoms. The molecule has 0 amide bonds. The molecule has 0 fully saturated rings. The van der Waals surface area contributed by atoms with Crippen LogP contribution in [0.1, 0.15) is 39.7 Å². The van der Waals surface area contributed by atoms with Gasteiger partial charge in [-0.2, -0.15) is 0 Å². The zero-order valence-corrected chi connectivity index (χ0v) is 22.1. The van der Waals surface area contributed by atoms with E-state index in [4.69, 9.17) is 13.9 Å². The van der Waals surface area contributed by atoms with Gasteiger partial charge in [0.05, 0.1) is 26.9 Å². The Labute approximate surface area is 205 Å². The van der Waals surface area contributed by atoms with Crippen LogP contribution in [0.3, 0.4) is 0 Å². The first-order chi connectivity index (χ1) is 16.3. The number of hydrogen-bond acceptors (Lipinski definition) is 4. The van der Waals surface area contributed by atoms with Gasteiger partial charge in [-0.3, -0.25) is 0 Å². The first-order valence-electron chi connectivity index (χ1n) is 11.9. The zero-order chi connectivity index (χ0) is 24.7. The molecule has 0 unspecified atom stereocenters. The molecular formula is C29H38O4Si. The maximum atomic E-state index is 10.5. The highest BCUT2D eigenvalue weighted by Crippen LogP contribution is 2.37. The molecule has 0 saturated carbocycles. The van der Waals surface area contributed by atoms with E-state index in [1.54, 1.807) is 7.11 Å². The number of rotatable bonds is 11. The average molecular weight is 479 g/mol. The van der Waals surface area contributed by atoms with Crippen LogP contribution in [0.4, 0.5) is 0 Å². The minimum Gasteiger partial charge on any atom is -0.497 e. The topological polar surface area (TPSA) is 47.9 Å². The summed E-state index contributed by atoms with van der Waals surface area (Å²) in [5.74, 6) is 0.808. The van der Waals surface area contributed by atoms with Gasteiger partial charge in [-0.05, 0) is 39.5 Å². The third-order valence-corrected chi connectivity index (χ3v) is 11.6. The summed E-state index contributed by atoms with van der Waals surface area (Å²) in [7, 11) is -1.07. The molecule has 0 aliphatic heterocycles. The summed E-state index contributed by atoms with van der Waals surface area (Å²) in [6.45, 7) is 9.39. The normalized spacial score (nSPS) is 13.9. The lowest BCUT2D eigenvalue weighted by Gasteiger charge is -2.45. The monoisotopic (exact) mass is 478 g/mol. The van der Waals surface area contributed by atoms with E-state index >= 15 is 0 Å². The van der Waals surface area contributed by atoms with Crippen molar-refractivity contribution in [1.29, 1.82) is 0 Å². The SMILES string of the molecule is CC[C@@](CO)(CO[Si](c1ccccc1)(c1ccccc1)C(C)(C)C)OCc1ccc(OC)cc1. The van der Waals surface area contributed by atoms with E-state index in [2.05, 4.69) is 69.3 Å². The first-order valence-corrected chi connectivity index (χ1v) is 13.8. The van der Waals surface area contributed by atoms with Crippen LogP contribution in [-0.2, 0) is 15.8 Å². The number of aliphatic hydroxyl groups is 1. The molecule has 0 radical (unpaired) electrons. The lowest BCUT2D eigenvalue weighted by molar-refractivity contribution is -0.115. The van der Waals surface area contributed by atoms with Gasteiger partial charge in [0, 0.05) is 0 Å². The molecule has 0 aliphatic carbocycles. The van der Waals surface area contributed by atoms with Gasteiger partial charge in [-0.15, -0.1) is 0 Å². The number of ether oxygens (including phenoxy) is 2. The summed E-state index contributed by atoms with van der Waals surface area (Å²) in [5, 5.41) is 12.8. The van der Waals surface area contributed by atoms with Gasteiger partial charge in [0.2, 0.25) is 0 Å². The van der Waals surface area contributed by atoms with Gasteiger partial charge in [0.25, 0.3) is 8.32 Å². The first kappa shape index (κ1) is 26.2. The average Bonchev–Trinajstić information content (AvgIpc) is 2.87. The Morgan fingerprint density at radius 3 is 1.74 bits per heavy atom. The van der Waals surface area contributed by atoms with E-state index in [0.717, 1.165) is 11.3 Å². The Bertz CT molecular complexity index is 954. The fourth-order valence-electron chi connectivity index (χ4n) is 4.41. The van der Waals surface area contributed by atoms with Gasteiger partial charge in [0.15, 0.2) is 0 Å². The van der Waals surface area contributed by atoms with E-state index in [9.17, 15) is 5.11 Å². The molecule has 4 nitrogen and oxygen atoms in total. The third-order valence-electron chi connectivity index (χ3n) is 6.61. The van der Waals surface area contributed by atoms with E-state index in [1.807, 2.05) is 43.3 Å². The highest BCUT2D eigenvalue weighted by atomic mass is 28.4. The Morgan fingerprint density at radius 2 is 1.32 bits per heavy atom. The predicted molar refractivity (Wildman–Crippen MR) is 141 cm³/mol. The predicted octanol–water partition coefficient (Wildman–Crippen LogP) is 4.93. The van der Waals surface area contributed by atoms with Crippen LogP contribution in [0.25, 0.3) is 0 Å². The summed E-state index contributed by atoms with van der Waals surface area (Å²) < 4.78 is 18.7. The van der Waals surface area contributed by atoms with Gasteiger partial charge in [0.1, 0.15) is 11.4 Å². The molecule has 0 aliphatic rings. The lowest BCUT2D eigenvalue weighted by atomic mass is 10.0. The van der Waals surface area contributed by atoms with Crippen molar-refractivity contribution < 1.29 is 19.0 Å². The van der Waals surface area contributed by atoms with Crippen LogP contribution in [0, 0.1) is 0 Å². The van der Waals surface area contributed by atoms with Crippen molar-refractivity contribution in [2.24, 2.45) is 0 Å². The molecule has 0 bridgehead atoms. The van der Waals surface area contributed by atoms with Gasteiger partial charge >= 0.3 is 0 Å². The summed E-state index contributed by atoms with van der Waals surface area (Å²) in [5.41, 5.74) is 0.227. The molecule has 182 valence electrons. The molecule has 3 aromatic carbocycles. The number of aliphatic hydroxyl groups excluding tert-OH is 1. The van der Waals surface area contributed by atoms with E-state index in [0.29, 0.717) is 19.6 Å². The second-order valence-corrected chi connectivity index (χ2v) is 14.1.